The van der Waals surface area contributed by atoms with E-state index in [2.05, 4.69) is 16.1 Å². The fourth-order valence-corrected chi connectivity index (χ4v) is 4.56. The highest BCUT2D eigenvalue weighted by Gasteiger charge is 2.20. The summed E-state index contributed by atoms with van der Waals surface area (Å²) >= 11 is 0. The van der Waals surface area contributed by atoms with Gasteiger partial charge in [0, 0.05) is 11.3 Å². The zero-order valence-corrected chi connectivity index (χ0v) is 18.4. The van der Waals surface area contributed by atoms with Gasteiger partial charge in [0.1, 0.15) is 0 Å². The number of rotatable bonds is 6. The van der Waals surface area contributed by atoms with Crippen molar-refractivity contribution in [1.29, 1.82) is 5.26 Å². The van der Waals surface area contributed by atoms with Crippen LogP contribution in [0, 0.1) is 32.1 Å². The molecular weight excluding hydrogens is 410 g/mol. The number of carbonyl (C=O) groups is 1. The monoisotopic (exact) mass is 433 g/mol. The molecular formula is C24H23N3O3S. The van der Waals surface area contributed by atoms with E-state index in [4.69, 9.17) is 5.26 Å². The van der Waals surface area contributed by atoms with Crippen LogP contribution in [0.2, 0.25) is 0 Å². The van der Waals surface area contributed by atoms with Crippen molar-refractivity contribution >= 4 is 27.3 Å². The third-order valence-electron chi connectivity index (χ3n) is 4.86. The Morgan fingerprint density at radius 1 is 0.935 bits per heavy atom. The summed E-state index contributed by atoms with van der Waals surface area (Å²) in [6.45, 7) is 5.46. The Morgan fingerprint density at radius 2 is 1.65 bits per heavy atom. The van der Waals surface area contributed by atoms with Gasteiger partial charge in [0.2, 0.25) is 0 Å². The highest BCUT2D eigenvalue weighted by Crippen LogP contribution is 2.24. The minimum atomic E-state index is -3.88. The number of carbonyl (C=O) groups excluding carboxylic acids is 1. The molecule has 0 aliphatic heterocycles. The lowest BCUT2D eigenvalue weighted by atomic mass is 10.1. The first-order valence-corrected chi connectivity index (χ1v) is 11.2. The van der Waals surface area contributed by atoms with Crippen molar-refractivity contribution in [3.63, 3.8) is 0 Å². The summed E-state index contributed by atoms with van der Waals surface area (Å²) in [4.78, 5) is 12.7. The van der Waals surface area contributed by atoms with Crippen LogP contribution in [0.4, 0.5) is 11.4 Å². The minimum Gasteiger partial charge on any atom is -0.322 e. The van der Waals surface area contributed by atoms with Crippen molar-refractivity contribution in [2.45, 2.75) is 32.1 Å². The second-order valence-corrected chi connectivity index (χ2v) is 9.04. The Morgan fingerprint density at radius 3 is 2.29 bits per heavy atom. The van der Waals surface area contributed by atoms with Crippen molar-refractivity contribution in [2.24, 2.45) is 0 Å². The van der Waals surface area contributed by atoms with Gasteiger partial charge in [-0.05, 0) is 67.8 Å². The third-order valence-corrected chi connectivity index (χ3v) is 6.37. The molecule has 0 fully saturated rings. The molecule has 0 aromatic heterocycles. The molecule has 3 aromatic carbocycles. The Kier molecular flexibility index (Phi) is 6.42. The largest absolute Gasteiger partial charge is 0.322 e. The summed E-state index contributed by atoms with van der Waals surface area (Å²) in [5.41, 5.74) is 4.53. The number of sulfonamides is 1. The fraction of sp³-hybridized carbons (Fsp3) is 0.167. The third kappa shape index (κ3) is 5.30. The normalized spacial score (nSPS) is 10.9. The highest BCUT2D eigenvalue weighted by molar-refractivity contribution is 7.92. The number of nitrogens with zero attached hydrogens (tertiary/aromatic N) is 1. The van der Waals surface area contributed by atoms with Crippen LogP contribution in [0.25, 0.3) is 0 Å². The van der Waals surface area contributed by atoms with Crippen molar-refractivity contribution in [3.8, 4) is 6.07 Å². The van der Waals surface area contributed by atoms with Crippen LogP contribution in [0.3, 0.4) is 0 Å². The van der Waals surface area contributed by atoms with E-state index in [1.807, 2.05) is 26.0 Å². The first-order valence-electron chi connectivity index (χ1n) is 9.67. The molecule has 2 N–H and O–H groups in total. The molecule has 158 valence electrons. The lowest BCUT2D eigenvalue weighted by Crippen LogP contribution is -2.17. The molecule has 3 aromatic rings. The first-order chi connectivity index (χ1) is 14.7. The van der Waals surface area contributed by atoms with Crippen molar-refractivity contribution in [2.75, 3.05) is 10.0 Å². The average molecular weight is 434 g/mol. The van der Waals surface area contributed by atoms with Gasteiger partial charge in [0.05, 0.1) is 23.1 Å². The van der Waals surface area contributed by atoms with E-state index in [1.165, 1.54) is 6.07 Å². The molecule has 1 amide bonds. The number of nitriles is 1. The summed E-state index contributed by atoms with van der Waals surface area (Å²) < 4.78 is 28.7. The topological polar surface area (TPSA) is 99.1 Å². The predicted molar refractivity (Wildman–Crippen MR) is 122 cm³/mol. The molecule has 31 heavy (non-hydrogen) atoms. The van der Waals surface area contributed by atoms with E-state index in [0.717, 1.165) is 16.7 Å². The van der Waals surface area contributed by atoms with Gasteiger partial charge in [-0.3, -0.25) is 9.52 Å². The molecule has 0 aliphatic rings. The zero-order valence-electron chi connectivity index (χ0n) is 17.6. The van der Waals surface area contributed by atoms with E-state index in [0.29, 0.717) is 23.4 Å². The smallest absolute Gasteiger partial charge is 0.262 e. The number of anilines is 2. The van der Waals surface area contributed by atoms with Crippen LogP contribution in [0.1, 0.15) is 32.6 Å². The molecule has 0 bridgehead atoms. The van der Waals surface area contributed by atoms with Gasteiger partial charge in [-0.15, -0.1) is 0 Å². The first kappa shape index (κ1) is 22.1. The van der Waals surface area contributed by atoms with E-state index in [9.17, 15) is 13.2 Å². The predicted octanol–water partition coefficient (Wildman–Crippen LogP) is 4.73. The number of nitrogens with one attached hydrogen (secondary N) is 2. The van der Waals surface area contributed by atoms with Crippen LogP contribution in [0.5, 0.6) is 0 Å². The Labute approximate surface area is 182 Å². The van der Waals surface area contributed by atoms with Gasteiger partial charge >= 0.3 is 0 Å². The van der Waals surface area contributed by atoms with Crippen LogP contribution in [-0.2, 0) is 16.4 Å². The second-order valence-electron chi connectivity index (χ2n) is 7.39. The van der Waals surface area contributed by atoms with Gasteiger partial charge in [-0.25, -0.2) is 8.42 Å². The zero-order chi connectivity index (χ0) is 22.6. The van der Waals surface area contributed by atoms with Gasteiger partial charge in [0.15, 0.2) is 0 Å². The quantitative estimate of drug-likeness (QED) is 0.587. The maximum Gasteiger partial charge on any atom is 0.262 e. The Hall–Kier alpha value is -3.63. The minimum absolute atomic E-state index is 0.0458. The van der Waals surface area contributed by atoms with Gasteiger partial charge in [-0.2, -0.15) is 5.26 Å². The lowest BCUT2D eigenvalue weighted by Gasteiger charge is -2.14. The molecule has 3 rings (SSSR count). The summed E-state index contributed by atoms with van der Waals surface area (Å²) in [6, 6.07) is 19.0. The number of amides is 1. The number of aryl methyl sites for hydroxylation is 3. The maximum atomic E-state index is 13.0. The molecule has 7 heteroatoms. The SMILES string of the molecule is Cc1ccc(NS(=O)(=O)c2cc(C(=O)Nc3ccc(CC#N)cc3)ccc2C)c(C)c1. The molecule has 0 heterocycles. The standard InChI is InChI=1S/C24H23N3O3S/c1-16-4-11-22(18(3)14-16)27-31(29,30)23-15-20(8-5-17(23)2)24(28)26-21-9-6-19(7-10-21)12-13-25/h4-11,14-15,27H,12H2,1-3H3,(H,26,28). The van der Waals surface area contributed by atoms with Crippen LogP contribution in [0.15, 0.2) is 65.6 Å². The van der Waals surface area contributed by atoms with Crippen LogP contribution >= 0.6 is 0 Å². The van der Waals surface area contributed by atoms with Gasteiger partial charge < -0.3 is 5.32 Å². The van der Waals surface area contributed by atoms with Crippen molar-refractivity contribution < 1.29 is 13.2 Å². The second kappa shape index (κ2) is 9.02. The summed E-state index contributed by atoms with van der Waals surface area (Å²) in [7, 11) is -3.88. The van der Waals surface area contributed by atoms with Crippen LogP contribution in [-0.4, -0.2) is 14.3 Å². The highest BCUT2D eigenvalue weighted by atomic mass is 32.2. The van der Waals surface area contributed by atoms with E-state index in [1.54, 1.807) is 49.4 Å². The van der Waals surface area contributed by atoms with Crippen molar-refractivity contribution in [1.82, 2.24) is 0 Å². The Bertz CT molecular complexity index is 1270. The molecule has 0 spiro atoms. The van der Waals surface area contributed by atoms with Gasteiger partial charge in [0.25, 0.3) is 15.9 Å². The molecule has 0 saturated heterocycles. The number of benzene rings is 3. The Balaban J connectivity index is 1.84. The van der Waals surface area contributed by atoms with Crippen LogP contribution < -0.4 is 10.0 Å². The molecule has 6 nitrogen and oxygen atoms in total. The molecule has 0 unspecified atom stereocenters. The molecule has 0 atom stereocenters. The average Bonchev–Trinajstić information content (AvgIpc) is 2.72. The number of hydrogen-bond donors (Lipinski definition) is 2. The summed E-state index contributed by atoms with van der Waals surface area (Å²) in [5, 5.41) is 11.5. The van der Waals surface area contributed by atoms with Crippen molar-refractivity contribution in [3.05, 3.63) is 88.5 Å². The van der Waals surface area contributed by atoms with Gasteiger partial charge in [-0.1, -0.05) is 35.9 Å². The van der Waals surface area contributed by atoms with E-state index >= 15 is 0 Å². The lowest BCUT2D eigenvalue weighted by molar-refractivity contribution is 0.102. The van der Waals surface area contributed by atoms with E-state index in [-0.39, 0.29) is 10.5 Å². The molecule has 0 aliphatic carbocycles. The number of hydrogen-bond acceptors (Lipinski definition) is 4. The van der Waals surface area contributed by atoms with E-state index < -0.39 is 15.9 Å². The fourth-order valence-electron chi connectivity index (χ4n) is 3.16. The molecule has 0 radical (unpaired) electrons. The summed E-state index contributed by atoms with van der Waals surface area (Å²) in [6.07, 6.45) is 0.293. The molecule has 0 saturated carbocycles. The maximum absolute atomic E-state index is 13.0. The summed E-state index contributed by atoms with van der Waals surface area (Å²) in [5.74, 6) is -0.420.